The standard InChI is InChI=1S/C11H14N2O3/c1-7(2)5-13-10(14)9-4-3-8(6-12-9)11(15)16/h3-4,6-7H,5H2,1-2H3,(H,13,14)(H,15,16). The lowest BCUT2D eigenvalue weighted by molar-refractivity contribution is 0.0695. The minimum atomic E-state index is -1.05. The summed E-state index contributed by atoms with van der Waals surface area (Å²) in [7, 11) is 0. The molecular weight excluding hydrogens is 208 g/mol. The van der Waals surface area contributed by atoms with Crippen molar-refractivity contribution in [2.75, 3.05) is 6.54 Å². The Labute approximate surface area is 93.5 Å². The fourth-order valence-corrected chi connectivity index (χ4v) is 1.04. The van der Waals surface area contributed by atoms with Gasteiger partial charge >= 0.3 is 5.97 Å². The number of hydrogen-bond donors (Lipinski definition) is 2. The van der Waals surface area contributed by atoms with Crippen LogP contribution in [0.2, 0.25) is 0 Å². The van der Waals surface area contributed by atoms with E-state index in [9.17, 15) is 9.59 Å². The summed E-state index contributed by atoms with van der Waals surface area (Å²) >= 11 is 0. The van der Waals surface area contributed by atoms with Gasteiger partial charge < -0.3 is 10.4 Å². The van der Waals surface area contributed by atoms with Crippen LogP contribution in [0.1, 0.15) is 34.7 Å². The molecule has 0 radical (unpaired) electrons. The summed E-state index contributed by atoms with van der Waals surface area (Å²) in [5, 5.41) is 11.3. The number of nitrogens with zero attached hydrogens (tertiary/aromatic N) is 1. The van der Waals surface area contributed by atoms with Crippen molar-refractivity contribution in [1.29, 1.82) is 0 Å². The number of rotatable bonds is 4. The van der Waals surface area contributed by atoms with Crippen LogP contribution in [-0.2, 0) is 0 Å². The van der Waals surface area contributed by atoms with E-state index >= 15 is 0 Å². The molecule has 5 nitrogen and oxygen atoms in total. The Bertz CT molecular complexity index is 385. The maximum Gasteiger partial charge on any atom is 0.337 e. The molecule has 5 heteroatoms. The van der Waals surface area contributed by atoms with Gasteiger partial charge in [-0.3, -0.25) is 9.78 Å². The van der Waals surface area contributed by atoms with Gasteiger partial charge in [-0.15, -0.1) is 0 Å². The average Bonchev–Trinajstić information content (AvgIpc) is 2.26. The fourth-order valence-electron chi connectivity index (χ4n) is 1.04. The number of carbonyl (C=O) groups excluding carboxylic acids is 1. The van der Waals surface area contributed by atoms with Crippen molar-refractivity contribution < 1.29 is 14.7 Å². The third-order valence-electron chi connectivity index (χ3n) is 1.91. The van der Waals surface area contributed by atoms with E-state index in [4.69, 9.17) is 5.11 Å². The van der Waals surface area contributed by atoms with E-state index in [-0.39, 0.29) is 17.2 Å². The van der Waals surface area contributed by atoms with Crippen molar-refractivity contribution in [3.05, 3.63) is 29.6 Å². The molecule has 0 fully saturated rings. The van der Waals surface area contributed by atoms with E-state index in [0.717, 1.165) is 0 Å². The summed E-state index contributed by atoms with van der Waals surface area (Å²) in [5.41, 5.74) is 0.297. The summed E-state index contributed by atoms with van der Waals surface area (Å²) < 4.78 is 0. The molecule has 0 aliphatic heterocycles. The van der Waals surface area contributed by atoms with Crippen LogP contribution in [0, 0.1) is 5.92 Å². The second kappa shape index (κ2) is 5.25. The van der Waals surface area contributed by atoms with Crippen LogP contribution in [0.15, 0.2) is 18.3 Å². The van der Waals surface area contributed by atoms with Crippen LogP contribution in [0.3, 0.4) is 0 Å². The molecule has 0 unspecified atom stereocenters. The number of carboxylic acids is 1. The van der Waals surface area contributed by atoms with Gasteiger partial charge in [-0.25, -0.2) is 4.79 Å². The highest BCUT2D eigenvalue weighted by Crippen LogP contribution is 2.00. The fraction of sp³-hybridized carbons (Fsp3) is 0.364. The first-order chi connectivity index (χ1) is 7.50. The van der Waals surface area contributed by atoms with Gasteiger partial charge in [0.1, 0.15) is 5.69 Å². The van der Waals surface area contributed by atoms with Gasteiger partial charge in [0.2, 0.25) is 0 Å². The molecule has 1 aromatic heterocycles. The van der Waals surface area contributed by atoms with Crippen molar-refractivity contribution in [2.45, 2.75) is 13.8 Å². The molecule has 1 heterocycles. The van der Waals surface area contributed by atoms with Crippen LogP contribution in [-0.4, -0.2) is 28.5 Å². The van der Waals surface area contributed by atoms with Crippen molar-refractivity contribution in [3.8, 4) is 0 Å². The minimum absolute atomic E-state index is 0.0698. The topological polar surface area (TPSA) is 79.3 Å². The highest BCUT2D eigenvalue weighted by atomic mass is 16.4. The average molecular weight is 222 g/mol. The maximum atomic E-state index is 11.5. The second-order valence-corrected chi connectivity index (χ2v) is 3.84. The zero-order valence-corrected chi connectivity index (χ0v) is 9.23. The van der Waals surface area contributed by atoms with Crippen LogP contribution in [0.4, 0.5) is 0 Å². The predicted molar refractivity (Wildman–Crippen MR) is 58.4 cm³/mol. The smallest absolute Gasteiger partial charge is 0.337 e. The first-order valence-corrected chi connectivity index (χ1v) is 4.98. The molecule has 2 N–H and O–H groups in total. The summed E-state index contributed by atoms with van der Waals surface area (Å²) in [6.45, 7) is 4.55. The normalized spacial score (nSPS) is 10.2. The zero-order valence-electron chi connectivity index (χ0n) is 9.23. The summed E-state index contributed by atoms with van der Waals surface area (Å²) in [6, 6.07) is 2.76. The van der Waals surface area contributed by atoms with E-state index in [0.29, 0.717) is 12.5 Å². The Morgan fingerprint density at radius 1 is 1.44 bits per heavy atom. The zero-order chi connectivity index (χ0) is 12.1. The molecule has 0 spiro atoms. The predicted octanol–water partition coefficient (Wildman–Crippen LogP) is 1.17. The van der Waals surface area contributed by atoms with E-state index < -0.39 is 5.97 Å². The van der Waals surface area contributed by atoms with Crippen LogP contribution < -0.4 is 5.32 Å². The third kappa shape index (κ3) is 3.34. The van der Waals surface area contributed by atoms with Crippen LogP contribution >= 0.6 is 0 Å². The van der Waals surface area contributed by atoms with Gasteiger partial charge in [0.05, 0.1) is 5.56 Å². The molecule has 0 aliphatic carbocycles. The number of nitrogens with one attached hydrogen (secondary N) is 1. The Morgan fingerprint density at radius 2 is 2.12 bits per heavy atom. The van der Waals surface area contributed by atoms with E-state index in [1.54, 1.807) is 0 Å². The number of amides is 1. The van der Waals surface area contributed by atoms with Gasteiger partial charge in [0.25, 0.3) is 5.91 Å². The minimum Gasteiger partial charge on any atom is -0.478 e. The number of pyridine rings is 1. The van der Waals surface area contributed by atoms with Crippen molar-refractivity contribution in [2.24, 2.45) is 5.92 Å². The molecule has 1 aromatic rings. The van der Waals surface area contributed by atoms with Crippen LogP contribution in [0.5, 0.6) is 0 Å². The highest BCUT2D eigenvalue weighted by Gasteiger charge is 2.09. The van der Waals surface area contributed by atoms with Crippen LogP contribution in [0.25, 0.3) is 0 Å². The first kappa shape index (κ1) is 12.2. The largest absolute Gasteiger partial charge is 0.478 e. The summed E-state index contributed by atoms with van der Waals surface area (Å²) in [4.78, 5) is 25.9. The molecule has 0 aliphatic rings. The van der Waals surface area contributed by atoms with Crippen molar-refractivity contribution in [3.63, 3.8) is 0 Å². The number of hydrogen-bond acceptors (Lipinski definition) is 3. The second-order valence-electron chi connectivity index (χ2n) is 3.84. The highest BCUT2D eigenvalue weighted by molar-refractivity contribution is 5.93. The number of aromatic nitrogens is 1. The lowest BCUT2D eigenvalue weighted by Crippen LogP contribution is -2.28. The SMILES string of the molecule is CC(C)CNC(=O)c1ccc(C(=O)O)cn1. The Hall–Kier alpha value is -1.91. The molecular formula is C11H14N2O3. The van der Waals surface area contributed by atoms with Gasteiger partial charge in [-0.2, -0.15) is 0 Å². The number of carbonyl (C=O) groups is 2. The van der Waals surface area contributed by atoms with Crippen molar-refractivity contribution in [1.82, 2.24) is 10.3 Å². The van der Waals surface area contributed by atoms with Crippen molar-refractivity contribution >= 4 is 11.9 Å². The first-order valence-electron chi connectivity index (χ1n) is 4.98. The molecule has 0 saturated carbocycles. The Balaban J connectivity index is 2.67. The van der Waals surface area contributed by atoms with E-state index in [2.05, 4.69) is 10.3 Å². The molecule has 86 valence electrons. The molecule has 0 aromatic carbocycles. The molecule has 16 heavy (non-hydrogen) atoms. The maximum absolute atomic E-state index is 11.5. The monoisotopic (exact) mass is 222 g/mol. The van der Waals surface area contributed by atoms with Gasteiger partial charge in [-0.05, 0) is 18.1 Å². The summed E-state index contributed by atoms with van der Waals surface area (Å²) in [5.74, 6) is -0.977. The molecule has 0 atom stereocenters. The quantitative estimate of drug-likeness (QED) is 0.801. The van der Waals surface area contributed by atoms with Gasteiger partial charge in [-0.1, -0.05) is 13.8 Å². The Morgan fingerprint density at radius 3 is 2.56 bits per heavy atom. The van der Waals surface area contributed by atoms with E-state index in [1.165, 1.54) is 18.3 Å². The van der Waals surface area contributed by atoms with Gasteiger partial charge in [0.15, 0.2) is 0 Å². The summed E-state index contributed by atoms with van der Waals surface area (Å²) in [6.07, 6.45) is 1.17. The molecule has 0 saturated heterocycles. The molecule has 0 bridgehead atoms. The lowest BCUT2D eigenvalue weighted by atomic mass is 10.2. The lowest BCUT2D eigenvalue weighted by Gasteiger charge is -2.06. The third-order valence-corrected chi connectivity index (χ3v) is 1.91. The Kier molecular flexibility index (Phi) is 3.99. The molecule has 1 amide bonds. The molecule has 1 rings (SSSR count). The number of aromatic carboxylic acids is 1. The number of carboxylic acid groups (broad SMARTS) is 1. The van der Waals surface area contributed by atoms with Gasteiger partial charge in [0, 0.05) is 12.7 Å². The van der Waals surface area contributed by atoms with E-state index in [1.807, 2.05) is 13.8 Å².